The molecule has 0 radical (unpaired) electrons. The van der Waals surface area contributed by atoms with Crippen molar-refractivity contribution in [3.05, 3.63) is 102 Å². The second-order valence-electron chi connectivity index (χ2n) is 7.50. The van der Waals surface area contributed by atoms with Gasteiger partial charge in [0.25, 0.3) is 0 Å². The first-order chi connectivity index (χ1) is 16.1. The maximum atomic E-state index is 12.7. The molecule has 0 spiro atoms. The third-order valence-electron chi connectivity index (χ3n) is 5.15. The summed E-state index contributed by atoms with van der Waals surface area (Å²) in [7, 11) is 0. The second kappa shape index (κ2) is 10.4. The zero-order chi connectivity index (χ0) is 23.0. The molecule has 7 heteroatoms. The molecule has 0 unspecified atom stereocenters. The molecule has 0 aliphatic heterocycles. The lowest BCUT2D eigenvalue weighted by atomic mass is 10.1. The van der Waals surface area contributed by atoms with Crippen molar-refractivity contribution in [2.24, 2.45) is 0 Å². The molecule has 0 bridgehead atoms. The van der Waals surface area contributed by atoms with E-state index in [2.05, 4.69) is 5.32 Å². The molecule has 4 rings (SSSR count). The Morgan fingerprint density at radius 2 is 1.48 bits per heavy atom. The van der Waals surface area contributed by atoms with Crippen molar-refractivity contribution in [2.75, 3.05) is 6.54 Å². The Balaban J connectivity index is 1.39. The Morgan fingerprint density at radius 3 is 2.15 bits per heavy atom. The van der Waals surface area contributed by atoms with Gasteiger partial charge in [-0.05, 0) is 41.3 Å². The van der Waals surface area contributed by atoms with E-state index in [1.807, 2.05) is 60.7 Å². The molecular weight excluding hydrogens is 420 g/mol. The van der Waals surface area contributed by atoms with E-state index in [1.54, 1.807) is 18.3 Å². The Hall–Kier alpha value is -4.26. The van der Waals surface area contributed by atoms with Crippen molar-refractivity contribution in [1.29, 1.82) is 0 Å². The zero-order valence-electron chi connectivity index (χ0n) is 17.9. The summed E-state index contributed by atoms with van der Waals surface area (Å²) in [5.41, 5.74) is 3.20. The van der Waals surface area contributed by atoms with E-state index in [0.29, 0.717) is 23.9 Å². The van der Waals surface area contributed by atoms with Crippen LogP contribution < -0.4 is 5.32 Å². The van der Waals surface area contributed by atoms with Crippen LogP contribution >= 0.6 is 0 Å². The lowest BCUT2D eigenvalue weighted by Gasteiger charge is -2.07. The highest BCUT2D eigenvalue weighted by molar-refractivity contribution is 5.92. The van der Waals surface area contributed by atoms with Gasteiger partial charge in [-0.1, -0.05) is 60.7 Å². The summed E-state index contributed by atoms with van der Waals surface area (Å²) in [5.74, 6) is 0.0920. The average molecular weight is 444 g/mol. The standard InChI is InChI=1S/C26H24N2O5/c29-22-11-12-24-23(15-22)21(13-14-27-25(30)32-17-19-7-3-1-4-8-19)16-28(24)26(31)33-18-20-9-5-2-6-10-20/h1-12,15-16,29H,13-14,17-18H2,(H,27,30). The maximum absolute atomic E-state index is 12.7. The first-order valence-corrected chi connectivity index (χ1v) is 10.6. The molecule has 1 aromatic heterocycles. The van der Waals surface area contributed by atoms with Gasteiger partial charge in [-0.2, -0.15) is 0 Å². The number of aromatic nitrogens is 1. The van der Waals surface area contributed by atoms with Crippen LogP contribution in [-0.2, 0) is 29.1 Å². The fraction of sp³-hybridized carbons (Fsp3) is 0.154. The van der Waals surface area contributed by atoms with Crippen LogP contribution in [0.25, 0.3) is 10.9 Å². The van der Waals surface area contributed by atoms with Gasteiger partial charge in [0.2, 0.25) is 0 Å². The number of hydrogen-bond acceptors (Lipinski definition) is 5. The van der Waals surface area contributed by atoms with Crippen LogP contribution in [0, 0.1) is 0 Å². The minimum atomic E-state index is -0.521. The minimum absolute atomic E-state index is 0.0920. The number of phenolic OH excluding ortho intramolecular Hbond substituents is 1. The van der Waals surface area contributed by atoms with Crippen molar-refractivity contribution < 1.29 is 24.2 Å². The Labute approximate surface area is 191 Å². The van der Waals surface area contributed by atoms with Gasteiger partial charge in [-0.25, -0.2) is 9.59 Å². The smallest absolute Gasteiger partial charge is 0.418 e. The lowest BCUT2D eigenvalue weighted by molar-refractivity contribution is 0.139. The van der Waals surface area contributed by atoms with E-state index in [1.165, 1.54) is 10.6 Å². The molecule has 168 valence electrons. The molecule has 4 aromatic rings. The Kier molecular flexibility index (Phi) is 6.90. The normalized spacial score (nSPS) is 10.7. The van der Waals surface area contributed by atoms with E-state index in [-0.39, 0.29) is 19.0 Å². The number of fused-ring (bicyclic) bond motifs is 1. The number of alkyl carbamates (subject to hydrolysis) is 1. The average Bonchev–Trinajstić information content (AvgIpc) is 3.20. The molecule has 0 atom stereocenters. The number of hydrogen-bond donors (Lipinski definition) is 2. The van der Waals surface area contributed by atoms with Crippen LogP contribution in [0.4, 0.5) is 9.59 Å². The topological polar surface area (TPSA) is 89.8 Å². The van der Waals surface area contributed by atoms with Crippen molar-refractivity contribution in [1.82, 2.24) is 9.88 Å². The highest BCUT2D eigenvalue weighted by Gasteiger charge is 2.16. The SMILES string of the molecule is O=C(NCCc1cn(C(=O)OCc2ccccc2)c2ccc(O)cc12)OCc1ccccc1. The number of ether oxygens (including phenoxy) is 2. The van der Waals surface area contributed by atoms with Gasteiger partial charge >= 0.3 is 12.2 Å². The predicted octanol–water partition coefficient (Wildman–Crippen LogP) is 5.00. The van der Waals surface area contributed by atoms with Crippen LogP contribution in [-0.4, -0.2) is 28.4 Å². The van der Waals surface area contributed by atoms with E-state index in [4.69, 9.17) is 9.47 Å². The maximum Gasteiger partial charge on any atom is 0.418 e. The fourth-order valence-corrected chi connectivity index (χ4v) is 3.50. The quantitative estimate of drug-likeness (QED) is 0.419. The van der Waals surface area contributed by atoms with Gasteiger partial charge in [-0.3, -0.25) is 4.57 Å². The molecular formula is C26H24N2O5. The van der Waals surface area contributed by atoms with E-state index in [9.17, 15) is 14.7 Å². The van der Waals surface area contributed by atoms with Gasteiger partial charge in [0.15, 0.2) is 0 Å². The molecule has 1 amide bonds. The van der Waals surface area contributed by atoms with Crippen LogP contribution in [0.1, 0.15) is 16.7 Å². The molecule has 1 heterocycles. The first-order valence-electron chi connectivity index (χ1n) is 10.6. The number of benzene rings is 3. The second-order valence-corrected chi connectivity index (χ2v) is 7.50. The molecule has 3 aromatic carbocycles. The van der Waals surface area contributed by atoms with Crippen molar-refractivity contribution >= 4 is 23.1 Å². The highest BCUT2D eigenvalue weighted by Crippen LogP contribution is 2.26. The monoisotopic (exact) mass is 444 g/mol. The van der Waals surface area contributed by atoms with E-state index >= 15 is 0 Å². The first kappa shape index (κ1) is 22.0. The number of carbonyl (C=O) groups is 2. The Bertz CT molecular complexity index is 1240. The third kappa shape index (κ3) is 5.71. The van der Waals surface area contributed by atoms with Crippen molar-refractivity contribution in [3.63, 3.8) is 0 Å². The van der Waals surface area contributed by atoms with Gasteiger partial charge < -0.3 is 19.9 Å². The number of nitrogens with one attached hydrogen (secondary N) is 1. The summed E-state index contributed by atoms with van der Waals surface area (Å²) < 4.78 is 12.1. The summed E-state index contributed by atoms with van der Waals surface area (Å²) in [4.78, 5) is 24.7. The summed E-state index contributed by atoms with van der Waals surface area (Å²) in [6, 6.07) is 23.6. The van der Waals surface area contributed by atoms with E-state index in [0.717, 1.165) is 16.7 Å². The van der Waals surface area contributed by atoms with Crippen LogP contribution in [0.3, 0.4) is 0 Å². The third-order valence-corrected chi connectivity index (χ3v) is 5.15. The van der Waals surface area contributed by atoms with Gasteiger partial charge in [0, 0.05) is 18.1 Å². The lowest BCUT2D eigenvalue weighted by Crippen LogP contribution is -2.26. The molecule has 2 N–H and O–H groups in total. The number of amides is 1. The van der Waals surface area contributed by atoms with Crippen molar-refractivity contribution in [3.8, 4) is 5.75 Å². The number of rotatable bonds is 7. The summed E-state index contributed by atoms with van der Waals surface area (Å²) in [6.45, 7) is 0.649. The van der Waals surface area contributed by atoms with Crippen LogP contribution in [0.2, 0.25) is 0 Å². The number of phenols is 1. The summed E-state index contributed by atoms with van der Waals surface area (Å²) in [6.07, 6.45) is 1.08. The molecule has 0 saturated carbocycles. The van der Waals surface area contributed by atoms with Crippen molar-refractivity contribution in [2.45, 2.75) is 19.6 Å². The molecule has 0 fully saturated rings. The molecule has 0 saturated heterocycles. The number of carbonyl (C=O) groups excluding carboxylic acids is 2. The largest absolute Gasteiger partial charge is 0.508 e. The molecule has 0 aliphatic rings. The van der Waals surface area contributed by atoms with Gasteiger partial charge in [0.05, 0.1) is 5.52 Å². The van der Waals surface area contributed by atoms with Crippen LogP contribution in [0.15, 0.2) is 85.1 Å². The number of nitrogens with zero attached hydrogens (tertiary/aromatic N) is 1. The summed E-state index contributed by atoms with van der Waals surface area (Å²) >= 11 is 0. The van der Waals surface area contributed by atoms with Gasteiger partial charge in [0.1, 0.15) is 19.0 Å². The van der Waals surface area contributed by atoms with Gasteiger partial charge in [-0.15, -0.1) is 0 Å². The zero-order valence-corrected chi connectivity index (χ0v) is 17.9. The minimum Gasteiger partial charge on any atom is -0.508 e. The molecule has 7 nitrogen and oxygen atoms in total. The highest BCUT2D eigenvalue weighted by atomic mass is 16.6. The number of aromatic hydroxyl groups is 1. The summed E-state index contributed by atoms with van der Waals surface area (Å²) in [5, 5.41) is 13.4. The Morgan fingerprint density at radius 1 is 0.848 bits per heavy atom. The van der Waals surface area contributed by atoms with E-state index < -0.39 is 12.2 Å². The predicted molar refractivity (Wildman–Crippen MR) is 124 cm³/mol. The fourth-order valence-electron chi connectivity index (χ4n) is 3.50. The molecule has 0 aliphatic carbocycles. The van der Waals surface area contributed by atoms with Crippen LogP contribution in [0.5, 0.6) is 5.75 Å². The molecule has 33 heavy (non-hydrogen) atoms.